The Hall–Kier alpha value is -1.06. The van der Waals surface area contributed by atoms with Gasteiger partial charge >= 0.3 is 0 Å². The van der Waals surface area contributed by atoms with E-state index in [2.05, 4.69) is 4.98 Å². The van der Waals surface area contributed by atoms with Gasteiger partial charge in [-0.15, -0.1) is 0 Å². The maximum Gasteiger partial charge on any atom is 0.143 e. The SMILES string of the molecule is COC(C)N(C(C)OC)n1ccnc1.F.F.O=[SH2]. The minimum Gasteiger partial charge on any atom is -0.360 e. The number of aromatic nitrogens is 2. The molecular weight excluding hydrogens is 268 g/mol. The summed E-state index contributed by atoms with van der Waals surface area (Å²) in [5.74, 6) is 0. The number of methoxy groups -OCH3 is 2. The predicted octanol–water partition coefficient (Wildman–Crippen LogP) is 0.239. The highest BCUT2D eigenvalue weighted by molar-refractivity contribution is 7.44. The predicted molar refractivity (Wildman–Crippen MR) is 69.3 cm³/mol. The molecule has 1 aromatic rings. The molecular formula is C9H21F2N3O3S. The molecule has 0 saturated carbocycles. The molecule has 110 valence electrons. The van der Waals surface area contributed by atoms with E-state index in [1.807, 2.05) is 29.7 Å². The van der Waals surface area contributed by atoms with Gasteiger partial charge in [0.1, 0.15) is 18.8 Å². The van der Waals surface area contributed by atoms with Crippen LogP contribution in [0.1, 0.15) is 13.8 Å². The van der Waals surface area contributed by atoms with Crippen molar-refractivity contribution in [3.8, 4) is 0 Å². The molecule has 0 N–H and O–H groups in total. The van der Waals surface area contributed by atoms with Gasteiger partial charge in [0.05, 0.1) is 0 Å². The van der Waals surface area contributed by atoms with E-state index in [4.69, 9.17) is 13.7 Å². The lowest BCUT2D eigenvalue weighted by atomic mass is 10.5. The third-order valence-corrected chi connectivity index (χ3v) is 2.18. The van der Waals surface area contributed by atoms with Crippen molar-refractivity contribution in [2.24, 2.45) is 0 Å². The summed E-state index contributed by atoms with van der Waals surface area (Å²) >= 11 is 1.72. The quantitative estimate of drug-likeness (QED) is 0.727. The minimum absolute atomic E-state index is 0. The molecule has 2 atom stereocenters. The second-order valence-electron chi connectivity index (χ2n) is 2.99. The van der Waals surface area contributed by atoms with Gasteiger partial charge in [0.25, 0.3) is 0 Å². The Morgan fingerprint density at radius 2 is 1.61 bits per heavy atom. The molecule has 1 heterocycles. The number of hydrogen-bond donors (Lipinski definition) is 0. The number of imidazole rings is 1. The minimum atomic E-state index is -0.0702. The van der Waals surface area contributed by atoms with Gasteiger partial charge in [0.15, 0.2) is 0 Å². The van der Waals surface area contributed by atoms with Crippen LogP contribution in [0, 0.1) is 0 Å². The summed E-state index contributed by atoms with van der Waals surface area (Å²) in [5, 5.41) is 1.94. The van der Waals surface area contributed by atoms with Crippen LogP contribution in [0.25, 0.3) is 0 Å². The fourth-order valence-electron chi connectivity index (χ4n) is 1.28. The van der Waals surface area contributed by atoms with E-state index in [-0.39, 0.29) is 21.9 Å². The lowest BCUT2D eigenvalue weighted by molar-refractivity contribution is 0.0163. The van der Waals surface area contributed by atoms with Crippen molar-refractivity contribution in [1.29, 1.82) is 0 Å². The average Bonchev–Trinajstić information content (AvgIpc) is 2.85. The van der Waals surface area contributed by atoms with Gasteiger partial charge in [-0.2, -0.15) is 0 Å². The van der Waals surface area contributed by atoms with E-state index in [1.165, 1.54) is 0 Å². The highest BCUT2D eigenvalue weighted by atomic mass is 32.1. The van der Waals surface area contributed by atoms with Crippen LogP contribution >= 0.6 is 0 Å². The Morgan fingerprint density at radius 1 is 1.17 bits per heavy atom. The van der Waals surface area contributed by atoms with E-state index >= 15 is 0 Å². The Bertz CT molecular complexity index is 270. The fraction of sp³-hybridized carbons (Fsp3) is 0.667. The summed E-state index contributed by atoms with van der Waals surface area (Å²) in [7, 11) is 3.33. The molecule has 0 aromatic carbocycles. The lowest BCUT2D eigenvalue weighted by Crippen LogP contribution is -2.49. The van der Waals surface area contributed by atoms with Crippen LogP contribution in [-0.4, -0.2) is 40.5 Å². The van der Waals surface area contributed by atoms with Gasteiger partial charge in [-0.05, 0) is 26.4 Å². The first-order chi connectivity index (χ1) is 7.70. The summed E-state index contributed by atoms with van der Waals surface area (Å²) in [6.45, 7) is 3.91. The summed E-state index contributed by atoms with van der Waals surface area (Å²) < 4.78 is 20.4. The Balaban J connectivity index is -0.000000534. The first kappa shape index (κ1) is 22.1. The van der Waals surface area contributed by atoms with E-state index < -0.39 is 0 Å². The summed E-state index contributed by atoms with van der Waals surface area (Å²) in [5.41, 5.74) is 0. The normalized spacial score (nSPS) is 12.1. The monoisotopic (exact) mass is 289 g/mol. The van der Waals surface area contributed by atoms with Crippen molar-refractivity contribution < 1.29 is 23.1 Å². The number of hydrogen-bond acceptors (Lipinski definition) is 5. The molecule has 0 saturated heterocycles. The van der Waals surface area contributed by atoms with Gasteiger partial charge in [-0.25, -0.2) is 9.66 Å². The van der Waals surface area contributed by atoms with Gasteiger partial charge in [0.2, 0.25) is 0 Å². The number of rotatable bonds is 5. The van der Waals surface area contributed by atoms with Crippen LogP contribution in [-0.2, 0) is 22.0 Å². The highest BCUT2D eigenvalue weighted by Crippen LogP contribution is 2.05. The van der Waals surface area contributed by atoms with Gasteiger partial charge in [-0.3, -0.25) is 18.6 Å². The van der Waals surface area contributed by atoms with Crippen LogP contribution in [0.4, 0.5) is 9.41 Å². The molecule has 0 aliphatic rings. The largest absolute Gasteiger partial charge is 0.360 e. The van der Waals surface area contributed by atoms with Crippen molar-refractivity contribution in [3.05, 3.63) is 18.7 Å². The second kappa shape index (κ2) is 12.4. The molecule has 0 bridgehead atoms. The van der Waals surface area contributed by atoms with E-state index in [1.54, 1.807) is 39.3 Å². The third-order valence-electron chi connectivity index (χ3n) is 2.18. The maximum absolute atomic E-state index is 8.06. The average molecular weight is 289 g/mol. The summed E-state index contributed by atoms with van der Waals surface area (Å²) in [4.78, 5) is 3.99. The molecule has 0 amide bonds. The molecule has 18 heavy (non-hydrogen) atoms. The first-order valence-electron chi connectivity index (χ1n) is 4.73. The van der Waals surface area contributed by atoms with Crippen molar-refractivity contribution in [2.45, 2.75) is 26.3 Å². The molecule has 9 heteroatoms. The zero-order valence-electron chi connectivity index (χ0n) is 10.8. The smallest absolute Gasteiger partial charge is 0.143 e. The molecule has 0 radical (unpaired) electrons. The molecule has 1 aromatic heterocycles. The lowest BCUT2D eigenvalue weighted by Gasteiger charge is -2.34. The maximum atomic E-state index is 8.06. The van der Waals surface area contributed by atoms with Crippen molar-refractivity contribution in [2.75, 3.05) is 19.2 Å². The number of halogens is 2. The van der Waals surface area contributed by atoms with Crippen LogP contribution < -0.4 is 5.01 Å². The van der Waals surface area contributed by atoms with Crippen molar-refractivity contribution >= 4 is 12.5 Å². The van der Waals surface area contributed by atoms with E-state index in [9.17, 15) is 0 Å². The third kappa shape index (κ3) is 6.03. The van der Waals surface area contributed by atoms with Crippen LogP contribution in [0.2, 0.25) is 0 Å². The molecule has 1 rings (SSSR count). The molecule has 0 aliphatic heterocycles. The first-order valence-corrected chi connectivity index (χ1v) is 5.14. The number of ether oxygens (including phenoxy) is 2. The summed E-state index contributed by atoms with van der Waals surface area (Å²) in [6, 6.07) is 0. The van der Waals surface area contributed by atoms with Crippen LogP contribution in [0.3, 0.4) is 0 Å². The van der Waals surface area contributed by atoms with Crippen LogP contribution in [0.5, 0.6) is 0 Å². The fourth-order valence-corrected chi connectivity index (χ4v) is 1.28. The van der Waals surface area contributed by atoms with E-state index in [0.717, 1.165) is 0 Å². The number of nitrogens with zero attached hydrogens (tertiary/aromatic N) is 3. The van der Waals surface area contributed by atoms with E-state index in [0.29, 0.717) is 0 Å². The zero-order chi connectivity index (χ0) is 12.6. The highest BCUT2D eigenvalue weighted by Gasteiger charge is 2.19. The zero-order valence-corrected chi connectivity index (χ0v) is 11.8. The molecule has 2 unspecified atom stereocenters. The van der Waals surface area contributed by atoms with Gasteiger partial charge in [-0.1, -0.05) is 0 Å². The molecule has 0 fully saturated rings. The Morgan fingerprint density at radius 3 is 1.89 bits per heavy atom. The standard InChI is InChI=1S/C9H17N3O2.2FH.H2OS/c1-8(13-3)12(9(2)14-4)11-6-5-10-7-11;;;1-2/h5-9H,1-4H3;2*1H;2H2. The van der Waals surface area contributed by atoms with Crippen molar-refractivity contribution in [1.82, 2.24) is 9.66 Å². The topological polar surface area (TPSA) is 56.6 Å². The van der Waals surface area contributed by atoms with Crippen LogP contribution in [0.15, 0.2) is 18.7 Å². The summed E-state index contributed by atoms with van der Waals surface area (Å²) in [6.07, 6.45) is 5.15. The molecule has 0 aliphatic carbocycles. The molecule has 6 nitrogen and oxygen atoms in total. The Labute approximate surface area is 110 Å². The second-order valence-corrected chi connectivity index (χ2v) is 2.99. The molecule has 0 spiro atoms. The van der Waals surface area contributed by atoms with Gasteiger partial charge in [0, 0.05) is 26.6 Å². The van der Waals surface area contributed by atoms with Gasteiger partial charge < -0.3 is 9.47 Å². The van der Waals surface area contributed by atoms with Crippen molar-refractivity contribution in [3.63, 3.8) is 0 Å². The Kier molecular flexibility index (Phi) is 15.3.